The summed E-state index contributed by atoms with van der Waals surface area (Å²) in [6, 6.07) is 0. The van der Waals surface area contributed by atoms with Crippen LogP contribution in [0.4, 0.5) is 0 Å². The Bertz CT molecular complexity index is 189. The van der Waals surface area contributed by atoms with Gasteiger partial charge in [-0.1, -0.05) is 13.8 Å². The fourth-order valence-corrected chi connectivity index (χ4v) is 2.13. The van der Waals surface area contributed by atoms with Crippen molar-refractivity contribution in [2.24, 2.45) is 11.3 Å². The van der Waals surface area contributed by atoms with Crippen LogP contribution < -0.4 is 0 Å². The molecule has 1 fully saturated rings. The van der Waals surface area contributed by atoms with Gasteiger partial charge in [-0.3, -0.25) is 4.79 Å². The zero-order chi connectivity index (χ0) is 9.35. The van der Waals surface area contributed by atoms with Gasteiger partial charge in [0.2, 0.25) is 0 Å². The topological polar surface area (TPSA) is 40.5 Å². The second-order valence-corrected chi connectivity index (χ2v) is 4.60. The molecule has 1 N–H and O–H groups in total. The maximum Gasteiger partial charge on any atom is 0.307 e. The molecule has 1 saturated heterocycles. The van der Waals surface area contributed by atoms with E-state index >= 15 is 0 Å². The van der Waals surface area contributed by atoms with Gasteiger partial charge < -0.3 is 10.0 Å². The number of rotatable bonds is 1. The van der Waals surface area contributed by atoms with E-state index in [-0.39, 0.29) is 11.3 Å². The van der Waals surface area contributed by atoms with Crippen molar-refractivity contribution in [1.82, 2.24) is 4.90 Å². The predicted octanol–water partition coefficient (Wildman–Crippen LogP) is 1.05. The van der Waals surface area contributed by atoms with Crippen molar-refractivity contribution in [3.63, 3.8) is 0 Å². The molecule has 70 valence electrons. The van der Waals surface area contributed by atoms with E-state index in [1.54, 1.807) is 0 Å². The lowest BCUT2D eigenvalue weighted by Gasteiger charge is -2.39. The van der Waals surface area contributed by atoms with Crippen molar-refractivity contribution < 1.29 is 9.90 Å². The maximum absolute atomic E-state index is 10.8. The molecule has 3 nitrogen and oxygen atoms in total. The first kappa shape index (κ1) is 9.52. The molecule has 1 heterocycles. The summed E-state index contributed by atoms with van der Waals surface area (Å²) in [4.78, 5) is 12.9. The van der Waals surface area contributed by atoms with Crippen LogP contribution in [0.2, 0.25) is 0 Å². The molecule has 0 aliphatic carbocycles. The quantitative estimate of drug-likeness (QED) is 0.641. The van der Waals surface area contributed by atoms with Crippen LogP contribution in [0.15, 0.2) is 0 Å². The molecule has 0 saturated carbocycles. The van der Waals surface area contributed by atoms with Gasteiger partial charge in [0.15, 0.2) is 0 Å². The molecule has 12 heavy (non-hydrogen) atoms. The third-order valence-corrected chi connectivity index (χ3v) is 2.38. The van der Waals surface area contributed by atoms with Crippen LogP contribution in [0.3, 0.4) is 0 Å². The Morgan fingerprint density at radius 1 is 1.58 bits per heavy atom. The average Bonchev–Trinajstić information content (AvgIpc) is 1.82. The number of hydrogen-bond acceptors (Lipinski definition) is 2. The molecule has 0 aromatic rings. The summed E-state index contributed by atoms with van der Waals surface area (Å²) in [6.07, 6.45) is 0.798. The summed E-state index contributed by atoms with van der Waals surface area (Å²) < 4.78 is 0. The first-order chi connectivity index (χ1) is 5.41. The van der Waals surface area contributed by atoms with Crippen molar-refractivity contribution in [1.29, 1.82) is 0 Å². The van der Waals surface area contributed by atoms with E-state index in [2.05, 4.69) is 18.7 Å². The number of nitrogens with zero attached hydrogens (tertiary/aromatic N) is 1. The minimum Gasteiger partial charge on any atom is -0.481 e. The van der Waals surface area contributed by atoms with E-state index < -0.39 is 5.97 Å². The Labute approximate surface area is 73.4 Å². The molecular weight excluding hydrogens is 154 g/mol. The van der Waals surface area contributed by atoms with Crippen molar-refractivity contribution >= 4 is 5.97 Å². The van der Waals surface area contributed by atoms with E-state index in [1.165, 1.54) is 0 Å². The molecule has 1 atom stereocenters. The average molecular weight is 171 g/mol. The highest BCUT2D eigenvalue weighted by Gasteiger charge is 2.34. The minimum atomic E-state index is -0.658. The summed E-state index contributed by atoms with van der Waals surface area (Å²) in [7, 11) is 1.98. The Morgan fingerprint density at radius 3 is 2.58 bits per heavy atom. The zero-order valence-corrected chi connectivity index (χ0v) is 8.00. The molecule has 1 unspecified atom stereocenters. The van der Waals surface area contributed by atoms with Crippen LogP contribution in [0.1, 0.15) is 20.3 Å². The van der Waals surface area contributed by atoms with Gasteiger partial charge >= 0.3 is 5.97 Å². The molecule has 0 aromatic heterocycles. The molecule has 0 amide bonds. The van der Waals surface area contributed by atoms with Gasteiger partial charge in [0, 0.05) is 13.1 Å². The van der Waals surface area contributed by atoms with E-state index in [9.17, 15) is 4.79 Å². The number of piperidine rings is 1. The first-order valence-corrected chi connectivity index (χ1v) is 4.32. The molecule has 0 bridgehead atoms. The number of aliphatic carboxylic acids is 1. The summed E-state index contributed by atoms with van der Waals surface area (Å²) in [5, 5.41) is 8.86. The number of carboxylic acid groups (broad SMARTS) is 1. The lowest BCUT2D eigenvalue weighted by Crippen LogP contribution is -2.44. The Morgan fingerprint density at radius 2 is 2.17 bits per heavy atom. The molecular formula is C9H17NO2. The van der Waals surface area contributed by atoms with E-state index in [0.717, 1.165) is 13.0 Å². The molecule has 0 spiro atoms. The second-order valence-electron chi connectivity index (χ2n) is 4.60. The van der Waals surface area contributed by atoms with Gasteiger partial charge in [-0.15, -0.1) is 0 Å². The van der Waals surface area contributed by atoms with Gasteiger partial charge in [0.05, 0.1) is 5.92 Å². The van der Waals surface area contributed by atoms with Crippen molar-refractivity contribution in [3.05, 3.63) is 0 Å². The van der Waals surface area contributed by atoms with Crippen LogP contribution in [0.5, 0.6) is 0 Å². The molecule has 3 heteroatoms. The van der Waals surface area contributed by atoms with Crippen molar-refractivity contribution in [2.75, 3.05) is 20.1 Å². The second kappa shape index (κ2) is 3.05. The largest absolute Gasteiger partial charge is 0.481 e. The number of likely N-dealkylation sites (tertiary alicyclic amines) is 1. The summed E-state index contributed by atoms with van der Waals surface area (Å²) in [6.45, 7) is 5.94. The number of carboxylic acids is 1. The smallest absolute Gasteiger partial charge is 0.307 e. The third kappa shape index (κ3) is 2.21. The standard InChI is InChI=1S/C9H17NO2/c1-9(2)4-7(8(11)12)5-10(3)6-9/h7H,4-6H2,1-3H3,(H,11,12). The molecule has 0 aromatic carbocycles. The Kier molecular flexibility index (Phi) is 2.42. The number of carbonyl (C=O) groups is 1. The fraction of sp³-hybridized carbons (Fsp3) is 0.889. The van der Waals surface area contributed by atoms with Crippen LogP contribution in [-0.2, 0) is 4.79 Å². The lowest BCUT2D eigenvalue weighted by molar-refractivity contribution is -0.145. The van der Waals surface area contributed by atoms with Gasteiger partial charge in [-0.05, 0) is 18.9 Å². The van der Waals surface area contributed by atoms with Crippen LogP contribution in [0, 0.1) is 11.3 Å². The summed E-state index contributed by atoms with van der Waals surface area (Å²) >= 11 is 0. The predicted molar refractivity (Wildman–Crippen MR) is 47.0 cm³/mol. The zero-order valence-electron chi connectivity index (χ0n) is 8.00. The Balaban J connectivity index is 2.64. The van der Waals surface area contributed by atoms with Crippen molar-refractivity contribution in [2.45, 2.75) is 20.3 Å². The van der Waals surface area contributed by atoms with E-state index in [0.29, 0.717) is 6.54 Å². The SMILES string of the molecule is CN1CC(C(=O)O)CC(C)(C)C1. The monoisotopic (exact) mass is 171 g/mol. The fourth-order valence-electron chi connectivity index (χ4n) is 2.13. The van der Waals surface area contributed by atoms with Crippen molar-refractivity contribution in [3.8, 4) is 0 Å². The van der Waals surface area contributed by atoms with Crippen LogP contribution in [-0.4, -0.2) is 36.1 Å². The van der Waals surface area contributed by atoms with Gasteiger partial charge in [0.1, 0.15) is 0 Å². The highest BCUT2D eigenvalue weighted by molar-refractivity contribution is 5.70. The molecule has 1 aliphatic heterocycles. The van der Waals surface area contributed by atoms with Gasteiger partial charge in [-0.2, -0.15) is 0 Å². The highest BCUT2D eigenvalue weighted by atomic mass is 16.4. The third-order valence-electron chi connectivity index (χ3n) is 2.38. The van der Waals surface area contributed by atoms with Gasteiger partial charge in [-0.25, -0.2) is 0 Å². The maximum atomic E-state index is 10.8. The molecule has 1 rings (SSSR count). The summed E-state index contributed by atoms with van der Waals surface area (Å²) in [5.41, 5.74) is 0.149. The van der Waals surface area contributed by atoms with E-state index in [1.807, 2.05) is 7.05 Å². The molecule has 0 radical (unpaired) electrons. The first-order valence-electron chi connectivity index (χ1n) is 4.32. The summed E-state index contributed by atoms with van der Waals surface area (Å²) in [5.74, 6) is -0.839. The molecule has 1 aliphatic rings. The Hall–Kier alpha value is -0.570. The van der Waals surface area contributed by atoms with Crippen LogP contribution >= 0.6 is 0 Å². The normalized spacial score (nSPS) is 30.1. The van der Waals surface area contributed by atoms with Gasteiger partial charge in [0.25, 0.3) is 0 Å². The highest BCUT2D eigenvalue weighted by Crippen LogP contribution is 2.31. The lowest BCUT2D eigenvalue weighted by atomic mass is 9.79. The van der Waals surface area contributed by atoms with Crippen LogP contribution in [0.25, 0.3) is 0 Å². The van der Waals surface area contributed by atoms with E-state index in [4.69, 9.17) is 5.11 Å². The number of hydrogen-bond donors (Lipinski definition) is 1. The minimum absolute atomic E-state index is 0.149.